The molecule has 0 unspecified atom stereocenters. The van der Waals surface area contributed by atoms with Gasteiger partial charge in [0.15, 0.2) is 0 Å². The van der Waals surface area contributed by atoms with E-state index in [0.29, 0.717) is 17.0 Å². The van der Waals surface area contributed by atoms with Crippen molar-refractivity contribution in [2.75, 3.05) is 12.4 Å². The highest BCUT2D eigenvalue weighted by atomic mass is 32.1. The number of amides is 1. The molecule has 0 bridgehead atoms. The standard InChI is InChI=1S/C22H19NO4S/c1-12-6-8-13(9-7-12)18-19-20(28-21(18)22(25)26)16(11-17(24)23-19)14-4-3-5-15(10-14)27-2/h3-10,16H,11H2,1-2H3,(H,23,24)(H,25,26)/t16-/m0/s1. The molecule has 0 fully saturated rings. The minimum atomic E-state index is -0.992. The van der Waals surface area contributed by atoms with E-state index in [1.807, 2.05) is 55.5 Å². The van der Waals surface area contributed by atoms with Crippen LogP contribution < -0.4 is 10.1 Å². The number of nitrogens with one attached hydrogen (secondary N) is 1. The number of hydrogen-bond acceptors (Lipinski definition) is 4. The second-order valence-corrected chi connectivity index (χ2v) is 7.85. The van der Waals surface area contributed by atoms with Gasteiger partial charge in [-0.25, -0.2) is 4.79 Å². The summed E-state index contributed by atoms with van der Waals surface area (Å²) < 4.78 is 5.32. The van der Waals surface area contributed by atoms with Crippen molar-refractivity contribution in [1.29, 1.82) is 0 Å². The van der Waals surface area contributed by atoms with E-state index in [1.165, 1.54) is 11.3 Å². The molecule has 1 aliphatic rings. The number of benzene rings is 2. The van der Waals surface area contributed by atoms with Gasteiger partial charge in [-0.15, -0.1) is 11.3 Å². The fourth-order valence-corrected chi connectivity index (χ4v) is 4.81. The number of aromatic carboxylic acids is 1. The lowest BCUT2D eigenvalue weighted by atomic mass is 9.88. The second-order valence-electron chi connectivity index (χ2n) is 6.80. The zero-order valence-corrected chi connectivity index (χ0v) is 16.3. The Labute approximate surface area is 166 Å². The van der Waals surface area contributed by atoms with Crippen LogP contribution in [0.2, 0.25) is 0 Å². The molecule has 0 radical (unpaired) electrons. The van der Waals surface area contributed by atoms with E-state index in [-0.39, 0.29) is 23.1 Å². The fraction of sp³-hybridized carbons (Fsp3) is 0.182. The highest BCUT2D eigenvalue weighted by Crippen LogP contribution is 2.49. The molecule has 4 rings (SSSR count). The number of carbonyl (C=O) groups is 2. The number of thiophene rings is 1. The van der Waals surface area contributed by atoms with Gasteiger partial charge in [-0.3, -0.25) is 4.79 Å². The molecule has 1 aromatic heterocycles. The number of rotatable bonds is 4. The van der Waals surface area contributed by atoms with Gasteiger partial charge in [0.1, 0.15) is 10.6 Å². The van der Waals surface area contributed by atoms with Crippen molar-refractivity contribution in [2.24, 2.45) is 0 Å². The van der Waals surface area contributed by atoms with Crippen molar-refractivity contribution in [2.45, 2.75) is 19.3 Å². The van der Waals surface area contributed by atoms with Gasteiger partial charge in [-0.2, -0.15) is 0 Å². The Kier molecular flexibility index (Phi) is 4.65. The summed E-state index contributed by atoms with van der Waals surface area (Å²) in [5, 5.41) is 12.7. The van der Waals surface area contributed by atoms with Crippen molar-refractivity contribution in [1.82, 2.24) is 0 Å². The predicted octanol–water partition coefficient (Wildman–Crippen LogP) is 4.90. The average Bonchev–Trinajstić information content (AvgIpc) is 3.07. The first kappa shape index (κ1) is 18.3. The Hall–Kier alpha value is -3.12. The molecule has 142 valence electrons. The van der Waals surface area contributed by atoms with E-state index in [9.17, 15) is 14.7 Å². The van der Waals surface area contributed by atoms with Gasteiger partial charge in [0, 0.05) is 22.8 Å². The van der Waals surface area contributed by atoms with Crippen LogP contribution in [0.15, 0.2) is 48.5 Å². The number of fused-ring (bicyclic) bond motifs is 1. The lowest BCUT2D eigenvalue weighted by Crippen LogP contribution is -2.22. The molecule has 6 heteroatoms. The number of ether oxygens (including phenoxy) is 1. The van der Waals surface area contributed by atoms with E-state index < -0.39 is 5.97 Å². The Morgan fingerprint density at radius 3 is 2.64 bits per heavy atom. The zero-order chi connectivity index (χ0) is 19.8. The van der Waals surface area contributed by atoms with Crippen molar-refractivity contribution in [3.8, 4) is 16.9 Å². The molecular formula is C22H19NO4S. The lowest BCUT2D eigenvalue weighted by molar-refractivity contribution is -0.116. The molecule has 2 aromatic carbocycles. The summed E-state index contributed by atoms with van der Waals surface area (Å²) in [6.45, 7) is 1.98. The van der Waals surface area contributed by atoms with Crippen molar-refractivity contribution in [3.05, 3.63) is 69.4 Å². The van der Waals surface area contributed by atoms with Crippen LogP contribution >= 0.6 is 11.3 Å². The first-order chi connectivity index (χ1) is 13.5. The molecule has 1 amide bonds. The smallest absolute Gasteiger partial charge is 0.346 e. The molecule has 2 heterocycles. The number of aryl methyl sites for hydroxylation is 1. The maximum atomic E-state index is 12.5. The maximum absolute atomic E-state index is 12.5. The highest BCUT2D eigenvalue weighted by Gasteiger charge is 2.34. The molecule has 0 saturated carbocycles. The number of carbonyl (C=O) groups excluding carboxylic acids is 1. The Bertz CT molecular complexity index is 1070. The highest BCUT2D eigenvalue weighted by molar-refractivity contribution is 7.15. The SMILES string of the molecule is COc1cccc([C@@H]2CC(=O)Nc3c2sc(C(=O)O)c3-c2ccc(C)cc2)c1. The molecular weight excluding hydrogens is 374 g/mol. The predicted molar refractivity (Wildman–Crippen MR) is 110 cm³/mol. The first-order valence-corrected chi connectivity index (χ1v) is 9.70. The molecule has 5 nitrogen and oxygen atoms in total. The minimum Gasteiger partial charge on any atom is -0.497 e. The number of hydrogen-bond donors (Lipinski definition) is 2. The lowest BCUT2D eigenvalue weighted by Gasteiger charge is -2.24. The summed E-state index contributed by atoms with van der Waals surface area (Å²) in [5.41, 5.74) is 3.99. The Morgan fingerprint density at radius 2 is 1.96 bits per heavy atom. The normalized spacial score (nSPS) is 15.6. The summed E-state index contributed by atoms with van der Waals surface area (Å²) in [7, 11) is 1.60. The third kappa shape index (κ3) is 3.16. The van der Waals surface area contributed by atoms with Gasteiger partial charge in [-0.05, 0) is 30.2 Å². The van der Waals surface area contributed by atoms with Crippen LogP contribution in [0.3, 0.4) is 0 Å². The van der Waals surface area contributed by atoms with Crippen LogP contribution in [-0.4, -0.2) is 24.1 Å². The Balaban J connectivity index is 1.92. The third-order valence-corrected chi connectivity index (χ3v) is 6.23. The van der Waals surface area contributed by atoms with E-state index in [1.54, 1.807) is 7.11 Å². The molecule has 0 saturated heterocycles. The molecule has 0 aliphatic carbocycles. The minimum absolute atomic E-state index is 0.122. The Morgan fingerprint density at radius 1 is 1.21 bits per heavy atom. The number of carboxylic acid groups (broad SMARTS) is 1. The van der Waals surface area contributed by atoms with Crippen LogP contribution in [0, 0.1) is 6.92 Å². The van der Waals surface area contributed by atoms with Crippen LogP contribution in [0.5, 0.6) is 5.75 Å². The van der Waals surface area contributed by atoms with Crippen LogP contribution in [0.4, 0.5) is 5.69 Å². The summed E-state index contributed by atoms with van der Waals surface area (Å²) in [6, 6.07) is 15.2. The van der Waals surface area contributed by atoms with Gasteiger partial charge in [0.2, 0.25) is 5.91 Å². The van der Waals surface area contributed by atoms with Crippen molar-refractivity contribution >= 4 is 28.9 Å². The summed E-state index contributed by atoms with van der Waals surface area (Å²) in [4.78, 5) is 25.6. The molecule has 1 atom stereocenters. The topological polar surface area (TPSA) is 75.6 Å². The molecule has 28 heavy (non-hydrogen) atoms. The van der Waals surface area contributed by atoms with Gasteiger partial charge in [0.25, 0.3) is 0 Å². The average molecular weight is 393 g/mol. The quantitative estimate of drug-likeness (QED) is 0.661. The third-order valence-electron chi connectivity index (χ3n) is 4.94. The molecule has 0 spiro atoms. The largest absolute Gasteiger partial charge is 0.497 e. The first-order valence-electron chi connectivity index (χ1n) is 8.88. The van der Waals surface area contributed by atoms with E-state index in [0.717, 1.165) is 21.6 Å². The summed E-state index contributed by atoms with van der Waals surface area (Å²) >= 11 is 1.23. The van der Waals surface area contributed by atoms with Gasteiger partial charge in [0.05, 0.1) is 12.8 Å². The van der Waals surface area contributed by atoms with E-state index in [4.69, 9.17) is 4.74 Å². The van der Waals surface area contributed by atoms with Crippen LogP contribution in [0.25, 0.3) is 11.1 Å². The summed E-state index contributed by atoms with van der Waals surface area (Å²) in [6.07, 6.45) is 0.271. The zero-order valence-electron chi connectivity index (χ0n) is 15.5. The van der Waals surface area contributed by atoms with E-state index in [2.05, 4.69) is 5.32 Å². The van der Waals surface area contributed by atoms with Crippen LogP contribution in [-0.2, 0) is 4.79 Å². The van der Waals surface area contributed by atoms with Crippen molar-refractivity contribution in [3.63, 3.8) is 0 Å². The van der Waals surface area contributed by atoms with Gasteiger partial charge < -0.3 is 15.2 Å². The van der Waals surface area contributed by atoms with Gasteiger partial charge >= 0.3 is 5.97 Å². The van der Waals surface area contributed by atoms with Gasteiger partial charge in [-0.1, -0.05) is 42.0 Å². The maximum Gasteiger partial charge on any atom is 0.346 e. The fourth-order valence-electron chi connectivity index (χ4n) is 3.56. The molecule has 2 N–H and O–H groups in total. The number of anilines is 1. The monoisotopic (exact) mass is 393 g/mol. The van der Waals surface area contributed by atoms with Crippen molar-refractivity contribution < 1.29 is 19.4 Å². The van der Waals surface area contributed by atoms with E-state index >= 15 is 0 Å². The number of carboxylic acids is 1. The number of methoxy groups -OCH3 is 1. The van der Waals surface area contributed by atoms with Crippen LogP contribution in [0.1, 0.15) is 38.0 Å². The second kappa shape index (κ2) is 7.13. The molecule has 1 aliphatic heterocycles. The molecule has 3 aromatic rings. The summed E-state index contributed by atoms with van der Waals surface area (Å²) in [5.74, 6) is -0.614.